The third-order valence-corrected chi connectivity index (χ3v) is 3.80. The van der Waals surface area contributed by atoms with E-state index in [1.165, 1.54) is 0 Å². The number of halogens is 2. The molecule has 2 aromatic heterocycles. The van der Waals surface area contributed by atoms with Gasteiger partial charge in [0.15, 0.2) is 11.5 Å². The van der Waals surface area contributed by atoms with Crippen LogP contribution < -0.4 is 10.6 Å². The van der Waals surface area contributed by atoms with Gasteiger partial charge >= 0.3 is 0 Å². The molecule has 2 heterocycles. The summed E-state index contributed by atoms with van der Waals surface area (Å²) < 4.78 is 2.99. The van der Waals surface area contributed by atoms with Crippen molar-refractivity contribution in [2.24, 2.45) is 0 Å². The molecule has 102 valence electrons. The molecule has 0 unspecified atom stereocenters. The molecule has 3 aromatic rings. The minimum absolute atomic E-state index is 0.651. The highest BCUT2D eigenvalue weighted by molar-refractivity contribution is 14.1. The Morgan fingerprint density at radius 2 is 2.20 bits per heavy atom. The van der Waals surface area contributed by atoms with E-state index in [0.29, 0.717) is 10.8 Å². The number of anilines is 3. The molecule has 0 atom stereocenters. The van der Waals surface area contributed by atoms with Gasteiger partial charge < -0.3 is 15.0 Å². The highest BCUT2D eigenvalue weighted by atomic mass is 127. The largest absolute Gasteiger partial charge is 0.372 e. The molecule has 0 amide bonds. The molecule has 7 heteroatoms. The third kappa shape index (κ3) is 2.53. The Labute approximate surface area is 134 Å². The third-order valence-electron chi connectivity index (χ3n) is 2.81. The van der Waals surface area contributed by atoms with E-state index in [4.69, 9.17) is 11.6 Å². The maximum absolute atomic E-state index is 6.24. The van der Waals surface area contributed by atoms with Crippen LogP contribution in [-0.2, 0) is 0 Å². The second-order valence-electron chi connectivity index (χ2n) is 4.13. The number of hydrogen-bond donors (Lipinski definition) is 2. The molecule has 0 saturated carbocycles. The van der Waals surface area contributed by atoms with Crippen LogP contribution in [0.4, 0.5) is 17.3 Å². The topological polar surface area (TPSA) is 54.2 Å². The second kappa shape index (κ2) is 5.45. The Morgan fingerprint density at radius 3 is 2.95 bits per heavy atom. The fourth-order valence-corrected chi connectivity index (χ4v) is 2.76. The molecule has 0 radical (unpaired) electrons. The van der Waals surface area contributed by atoms with Gasteiger partial charge in [-0.15, -0.1) is 0 Å². The van der Waals surface area contributed by atoms with Crippen molar-refractivity contribution in [1.29, 1.82) is 0 Å². The van der Waals surface area contributed by atoms with E-state index < -0.39 is 0 Å². The Kier molecular flexibility index (Phi) is 3.66. The van der Waals surface area contributed by atoms with Crippen LogP contribution in [-0.4, -0.2) is 21.4 Å². The van der Waals surface area contributed by atoms with Gasteiger partial charge in [0.2, 0.25) is 0 Å². The van der Waals surface area contributed by atoms with Gasteiger partial charge in [0.25, 0.3) is 0 Å². The first-order chi connectivity index (χ1) is 9.67. The summed E-state index contributed by atoms with van der Waals surface area (Å²) in [5, 5.41) is 6.91. The van der Waals surface area contributed by atoms with Crippen molar-refractivity contribution in [1.82, 2.24) is 14.4 Å². The molecule has 0 fully saturated rings. The molecule has 2 N–H and O–H groups in total. The van der Waals surface area contributed by atoms with Crippen LogP contribution in [0.3, 0.4) is 0 Å². The van der Waals surface area contributed by atoms with Gasteiger partial charge in [0, 0.05) is 23.0 Å². The van der Waals surface area contributed by atoms with Crippen molar-refractivity contribution in [3.63, 3.8) is 0 Å². The van der Waals surface area contributed by atoms with Crippen LogP contribution in [0.5, 0.6) is 0 Å². The number of fused-ring (bicyclic) bond motifs is 1. The predicted molar refractivity (Wildman–Crippen MR) is 90.0 cm³/mol. The number of imidazole rings is 1. The lowest BCUT2D eigenvalue weighted by Crippen LogP contribution is -2.02. The van der Waals surface area contributed by atoms with E-state index in [0.717, 1.165) is 20.7 Å². The average Bonchev–Trinajstić information content (AvgIpc) is 2.90. The Morgan fingerprint density at radius 1 is 1.35 bits per heavy atom. The zero-order valence-corrected chi connectivity index (χ0v) is 13.5. The summed E-state index contributed by atoms with van der Waals surface area (Å²) in [5.41, 5.74) is 1.55. The Balaban J connectivity index is 2.07. The lowest BCUT2D eigenvalue weighted by molar-refractivity contribution is 1.12. The monoisotopic (exact) mass is 399 g/mol. The number of nitrogens with one attached hydrogen (secondary N) is 2. The molecule has 0 bridgehead atoms. The summed E-state index contributed by atoms with van der Waals surface area (Å²) in [4.78, 5) is 8.79. The zero-order chi connectivity index (χ0) is 14.1. The molecule has 3 rings (SSSR count). The van der Waals surface area contributed by atoms with Crippen LogP contribution in [0.15, 0.2) is 36.8 Å². The first-order valence-corrected chi connectivity index (χ1v) is 7.36. The number of rotatable bonds is 3. The summed E-state index contributed by atoms with van der Waals surface area (Å²) in [7, 11) is 1.83. The van der Waals surface area contributed by atoms with E-state index in [1.807, 2.05) is 42.0 Å². The van der Waals surface area contributed by atoms with Gasteiger partial charge in [-0.05, 0) is 40.8 Å². The van der Waals surface area contributed by atoms with E-state index in [1.54, 1.807) is 6.20 Å². The van der Waals surface area contributed by atoms with Gasteiger partial charge in [-0.1, -0.05) is 11.6 Å². The lowest BCUT2D eigenvalue weighted by atomic mass is 10.3. The van der Waals surface area contributed by atoms with Gasteiger partial charge in [-0.25, -0.2) is 9.97 Å². The normalized spacial score (nSPS) is 10.8. The minimum Gasteiger partial charge on any atom is -0.372 e. The SMILES string of the molecule is CNc1cn2ccnc2c(Nc2ccc(I)cc2Cl)n1. The summed E-state index contributed by atoms with van der Waals surface area (Å²) in [5.74, 6) is 1.41. The fourth-order valence-electron chi connectivity index (χ4n) is 1.85. The highest BCUT2D eigenvalue weighted by Crippen LogP contribution is 2.28. The number of aromatic nitrogens is 3. The molecule has 5 nitrogen and oxygen atoms in total. The van der Waals surface area contributed by atoms with Crippen LogP contribution >= 0.6 is 34.2 Å². The van der Waals surface area contributed by atoms with Crippen molar-refractivity contribution in [3.05, 3.63) is 45.4 Å². The zero-order valence-electron chi connectivity index (χ0n) is 10.6. The van der Waals surface area contributed by atoms with Crippen LogP contribution in [0, 0.1) is 3.57 Å². The molecule has 0 aliphatic rings. The molecular weight excluding hydrogens is 389 g/mol. The molecule has 1 aromatic carbocycles. The second-order valence-corrected chi connectivity index (χ2v) is 5.78. The maximum atomic E-state index is 6.24. The van der Waals surface area contributed by atoms with Crippen molar-refractivity contribution in [2.45, 2.75) is 0 Å². The van der Waals surface area contributed by atoms with E-state index >= 15 is 0 Å². The number of benzene rings is 1. The summed E-state index contributed by atoms with van der Waals surface area (Å²) in [6, 6.07) is 5.81. The smallest absolute Gasteiger partial charge is 0.180 e. The Hall–Kier alpha value is -1.54. The van der Waals surface area contributed by atoms with Crippen molar-refractivity contribution in [2.75, 3.05) is 17.7 Å². The van der Waals surface area contributed by atoms with Gasteiger partial charge in [-0.2, -0.15) is 0 Å². The minimum atomic E-state index is 0.651. The first kappa shape index (κ1) is 13.4. The average molecular weight is 400 g/mol. The van der Waals surface area contributed by atoms with Gasteiger partial charge in [0.1, 0.15) is 5.82 Å². The standard InChI is InChI=1S/C13H11ClIN5/c1-16-11-7-20-5-4-17-13(20)12(19-11)18-10-3-2-8(15)6-9(10)14/h2-7,16H,1H3,(H,18,19). The highest BCUT2D eigenvalue weighted by Gasteiger charge is 2.09. The molecule has 20 heavy (non-hydrogen) atoms. The molecule has 0 spiro atoms. The van der Waals surface area contributed by atoms with Crippen molar-refractivity contribution < 1.29 is 0 Å². The lowest BCUT2D eigenvalue weighted by Gasteiger charge is -2.10. The first-order valence-electron chi connectivity index (χ1n) is 5.91. The fraction of sp³-hybridized carbons (Fsp3) is 0.0769. The predicted octanol–water partition coefficient (Wildman–Crippen LogP) is 3.77. The van der Waals surface area contributed by atoms with E-state index in [-0.39, 0.29) is 0 Å². The van der Waals surface area contributed by atoms with Gasteiger partial charge in [0.05, 0.1) is 16.9 Å². The summed E-state index contributed by atoms with van der Waals surface area (Å²) >= 11 is 8.46. The molecule has 0 saturated heterocycles. The van der Waals surface area contributed by atoms with Crippen LogP contribution in [0.25, 0.3) is 5.65 Å². The quantitative estimate of drug-likeness (QED) is 0.658. The summed E-state index contributed by atoms with van der Waals surface area (Å²) in [6.45, 7) is 0. The number of nitrogens with zero attached hydrogens (tertiary/aromatic N) is 3. The molecule has 0 aliphatic carbocycles. The van der Waals surface area contributed by atoms with Crippen LogP contribution in [0.1, 0.15) is 0 Å². The van der Waals surface area contributed by atoms with Crippen molar-refractivity contribution >= 4 is 57.2 Å². The maximum Gasteiger partial charge on any atom is 0.180 e. The van der Waals surface area contributed by atoms with Crippen LogP contribution in [0.2, 0.25) is 5.02 Å². The molecule has 0 aliphatic heterocycles. The molecular formula is C13H11ClIN5. The number of hydrogen-bond acceptors (Lipinski definition) is 4. The Bertz CT molecular complexity index is 771. The van der Waals surface area contributed by atoms with E-state index in [2.05, 4.69) is 43.2 Å². The van der Waals surface area contributed by atoms with E-state index in [9.17, 15) is 0 Å². The van der Waals surface area contributed by atoms with Gasteiger partial charge in [-0.3, -0.25) is 0 Å². The summed E-state index contributed by atoms with van der Waals surface area (Å²) in [6.07, 6.45) is 5.48. The van der Waals surface area contributed by atoms with Crippen molar-refractivity contribution in [3.8, 4) is 0 Å².